The van der Waals surface area contributed by atoms with Gasteiger partial charge in [-0.25, -0.2) is 18.4 Å². The lowest BCUT2D eigenvalue weighted by molar-refractivity contribution is 0.215. The maximum Gasteiger partial charge on any atom is 0.159 e. The summed E-state index contributed by atoms with van der Waals surface area (Å²) in [6, 6.07) is 12.5. The fraction of sp³-hybridized carbons (Fsp3) is 0.361. The molecule has 9 nitrogen and oxygen atoms in total. The first-order valence-corrected chi connectivity index (χ1v) is 16.0. The van der Waals surface area contributed by atoms with E-state index in [4.69, 9.17) is 14.6 Å². The van der Waals surface area contributed by atoms with Crippen LogP contribution in [0.5, 0.6) is 0 Å². The van der Waals surface area contributed by atoms with Gasteiger partial charge in [0.15, 0.2) is 17.3 Å². The molecule has 0 atom stereocenters. The number of benzene rings is 2. The highest BCUT2D eigenvalue weighted by molar-refractivity contribution is 6.06. The van der Waals surface area contributed by atoms with Gasteiger partial charge in [0.05, 0.1) is 52.2 Å². The van der Waals surface area contributed by atoms with Crippen LogP contribution in [0.25, 0.3) is 44.3 Å². The molecule has 1 fully saturated rings. The largest absolute Gasteiger partial charge is 0.361 e. The molecular formula is C36H36F2N8O. The van der Waals surface area contributed by atoms with Crippen LogP contribution in [0.15, 0.2) is 47.1 Å². The molecule has 6 aromatic rings. The van der Waals surface area contributed by atoms with Gasteiger partial charge in [-0.3, -0.25) is 4.68 Å². The van der Waals surface area contributed by atoms with Crippen LogP contribution in [0.1, 0.15) is 61.0 Å². The zero-order valence-electron chi connectivity index (χ0n) is 27.2. The van der Waals surface area contributed by atoms with Crippen molar-refractivity contribution in [1.82, 2.24) is 34.6 Å². The molecule has 47 heavy (non-hydrogen) atoms. The van der Waals surface area contributed by atoms with Gasteiger partial charge in [-0.05, 0) is 94.6 Å². The van der Waals surface area contributed by atoms with Crippen molar-refractivity contribution < 1.29 is 13.3 Å². The summed E-state index contributed by atoms with van der Waals surface area (Å²) in [6.07, 6.45) is 4.27. The third-order valence-electron chi connectivity index (χ3n) is 9.18. The number of aryl methyl sites for hydroxylation is 2. The van der Waals surface area contributed by atoms with Crippen molar-refractivity contribution in [2.75, 3.05) is 20.1 Å². The summed E-state index contributed by atoms with van der Waals surface area (Å²) in [5, 5.41) is 26.5. The second-order valence-electron chi connectivity index (χ2n) is 13.1. The van der Waals surface area contributed by atoms with E-state index in [-0.39, 0.29) is 18.5 Å². The maximum absolute atomic E-state index is 13.9. The molecular weight excluding hydrogens is 598 g/mol. The van der Waals surface area contributed by atoms with Crippen LogP contribution in [0, 0.1) is 42.7 Å². The van der Waals surface area contributed by atoms with Gasteiger partial charge in [0, 0.05) is 10.9 Å². The number of pyridine rings is 1. The van der Waals surface area contributed by atoms with Crippen molar-refractivity contribution in [2.24, 2.45) is 5.92 Å². The van der Waals surface area contributed by atoms with Gasteiger partial charge in [0.2, 0.25) is 0 Å². The molecule has 0 bridgehead atoms. The number of aromatic nitrogens is 6. The SMILES string of the molecule is Cc1noc(C)c1-c1nn(C2CCN(C)CC2)c2nc(CC(C)C)c(C#N)c(-c3ccc4c(cnn4Cc4ccc(F)c(F)c4)c3)c12. The Bertz CT molecular complexity index is 2160. The maximum atomic E-state index is 13.9. The molecule has 240 valence electrons. The Balaban J connectivity index is 1.47. The van der Waals surface area contributed by atoms with Crippen molar-refractivity contribution in [1.29, 1.82) is 5.26 Å². The summed E-state index contributed by atoms with van der Waals surface area (Å²) in [4.78, 5) is 7.55. The number of hydrogen-bond donors (Lipinski definition) is 0. The smallest absolute Gasteiger partial charge is 0.159 e. The Hall–Kier alpha value is -4.95. The number of hydrogen-bond acceptors (Lipinski definition) is 7. The van der Waals surface area contributed by atoms with Gasteiger partial charge in [0.1, 0.15) is 17.5 Å². The molecule has 0 radical (unpaired) electrons. The molecule has 4 aromatic heterocycles. The van der Waals surface area contributed by atoms with Gasteiger partial charge in [-0.15, -0.1) is 0 Å². The summed E-state index contributed by atoms with van der Waals surface area (Å²) in [5.41, 5.74) is 7.32. The summed E-state index contributed by atoms with van der Waals surface area (Å²) in [7, 11) is 2.14. The lowest BCUT2D eigenvalue weighted by atomic mass is 9.91. The number of likely N-dealkylation sites (tertiary alicyclic amines) is 1. The minimum absolute atomic E-state index is 0.153. The Morgan fingerprint density at radius 1 is 1.04 bits per heavy atom. The monoisotopic (exact) mass is 634 g/mol. The molecule has 11 heteroatoms. The lowest BCUT2D eigenvalue weighted by Gasteiger charge is -2.29. The van der Waals surface area contributed by atoms with Crippen molar-refractivity contribution >= 4 is 21.9 Å². The van der Waals surface area contributed by atoms with Crippen LogP contribution >= 0.6 is 0 Å². The number of rotatable bonds is 7. The standard InChI is InChI=1S/C36H36F2N8O/c1-20(2)14-30-27(17-39)33(24-7-9-31-25(16-24)18-40-45(31)19-23-6-8-28(37)29(38)15-23)34-35(32-21(3)43-47-22(32)4)42-46(36(34)41-30)26-10-12-44(5)13-11-26/h6-9,15-16,18,20,26H,10-14,19H2,1-5H3. The first-order valence-electron chi connectivity index (χ1n) is 16.0. The van der Waals surface area contributed by atoms with Gasteiger partial charge in [0.25, 0.3) is 0 Å². The van der Waals surface area contributed by atoms with E-state index in [1.165, 1.54) is 6.07 Å². The fourth-order valence-corrected chi connectivity index (χ4v) is 6.83. The van der Waals surface area contributed by atoms with Crippen molar-refractivity contribution in [3.8, 4) is 28.5 Å². The van der Waals surface area contributed by atoms with E-state index < -0.39 is 11.6 Å². The average molecular weight is 635 g/mol. The summed E-state index contributed by atoms with van der Waals surface area (Å²) in [6.45, 7) is 10.2. The highest BCUT2D eigenvalue weighted by atomic mass is 19.2. The van der Waals surface area contributed by atoms with E-state index in [0.29, 0.717) is 29.0 Å². The predicted molar refractivity (Wildman–Crippen MR) is 176 cm³/mol. The molecule has 1 aliphatic heterocycles. The molecule has 0 amide bonds. The molecule has 0 N–H and O–H groups in total. The predicted octanol–water partition coefficient (Wildman–Crippen LogP) is 7.38. The number of nitriles is 1. The van der Waals surface area contributed by atoms with Crippen LogP contribution < -0.4 is 0 Å². The normalized spacial score (nSPS) is 14.5. The highest BCUT2D eigenvalue weighted by Crippen LogP contribution is 2.43. The molecule has 5 heterocycles. The van der Waals surface area contributed by atoms with Crippen LogP contribution in [0.3, 0.4) is 0 Å². The second kappa shape index (κ2) is 12.0. The number of halogens is 2. The Kier molecular flexibility index (Phi) is 7.84. The third kappa shape index (κ3) is 5.46. The fourth-order valence-electron chi connectivity index (χ4n) is 6.83. The van der Waals surface area contributed by atoms with Crippen LogP contribution in [-0.2, 0) is 13.0 Å². The average Bonchev–Trinajstić information content (AvgIpc) is 3.72. The minimum atomic E-state index is -0.890. The Morgan fingerprint density at radius 3 is 2.51 bits per heavy atom. The van der Waals surface area contributed by atoms with E-state index in [1.54, 1.807) is 16.9 Å². The van der Waals surface area contributed by atoms with E-state index in [1.807, 2.05) is 32.0 Å². The van der Waals surface area contributed by atoms with Crippen molar-refractivity contribution in [3.05, 3.63) is 82.5 Å². The minimum Gasteiger partial charge on any atom is -0.361 e. The molecule has 1 aliphatic rings. The molecule has 7 rings (SSSR count). The quantitative estimate of drug-likeness (QED) is 0.181. The van der Waals surface area contributed by atoms with Crippen molar-refractivity contribution in [3.63, 3.8) is 0 Å². The zero-order valence-corrected chi connectivity index (χ0v) is 27.2. The molecule has 0 spiro atoms. The molecule has 2 aromatic carbocycles. The Morgan fingerprint density at radius 2 is 1.83 bits per heavy atom. The third-order valence-corrected chi connectivity index (χ3v) is 9.18. The van der Waals surface area contributed by atoms with E-state index >= 15 is 0 Å². The molecule has 0 unspecified atom stereocenters. The van der Waals surface area contributed by atoms with Gasteiger partial charge in [-0.1, -0.05) is 31.1 Å². The Labute approximate surface area is 271 Å². The van der Waals surface area contributed by atoms with E-state index in [9.17, 15) is 14.0 Å². The summed E-state index contributed by atoms with van der Waals surface area (Å²) >= 11 is 0. The number of piperidine rings is 1. The highest BCUT2D eigenvalue weighted by Gasteiger charge is 2.31. The molecule has 1 saturated heterocycles. The van der Waals surface area contributed by atoms with Crippen LogP contribution in [-0.4, -0.2) is 54.7 Å². The van der Waals surface area contributed by atoms with E-state index in [0.717, 1.165) is 82.0 Å². The van der Waals surface area contributed by atoms with Gasteiger partial charge >= 0.3 is 0 Å². The topological polar surface area (TPSA) is 102 Å². The number of nitrogens with zero attached hydrogens (tertiary/aromatic N) is 8. The van der Waals surface area contributed by atoms with Crippen molar-refractivity contribution in [2.45, 2.75) is 59.5 Å². The van der Waals surface area contributed by atoms with E-state index in [2.05, 4.69) is 46.8 Å². The zero-order chi connectivity index (χ0) is 33.0. The van der Waals surface area contributed by atoms with Crippen LogP contribution in [0.2, 0.25) is 0 Å². The van der Waals surface area contributed by atoms with Crippen LogP contribution in [0.4, 0.5) is 8.78 Å². The van der Waals surface area contributed by atoms with Gasteiger partial charge < -0.3 is 9.42 Å². The first kappa shape index (κ1) is 30.7. The second-order valence-corrected chi connectivity index (χ2v) is 13.1. The number of fused-ring (bicyclic) bond motifs is 2. The first-order chi connectivity index (χ1) is 22.6. The summed E-state index contributed by atoms with van der Waals surface area (Å²) in [5.74, 6) is -0.840. The molecule has 0 saturated carbocycles. The summed E-state index contributed by atoms with van der Waals surface area (Å²) < 4.78 is 37.0. The lowest BCUT2D eigenvalue weighted by Crippen LogP contribution is -2.32. The molecule has 0 aliphatic carbocycles. The van der Waals surface area contributed by atoms with Gasteiger partial charge in [-0.2, -0.15) is 15.5 Å².